The zero-order valence-corrected chi connectivity index (χ0v) is 11.0. The molecule has 0 amide bonds. The van der Waals surface area contributed by atoms with Crippen molar-refractivity contribution in [3.05, 3.63) is 35.4 Å². The molecule has 0 aromatic heterocycles. The molecular formula is C14H19NO4. The largest absolute Gasteiger partial charge is 0.480 e. The van der Waals surface area contributed by atoms with Gasteiger partial charge in [0, 0.05) is 20.2 Å². The minimum Gasteiger partial charge on any atom is -0.480 e. The van der Waals surface area contributed by atoms with Crippen LogP contribution in [-0.2, 0) is 27.4 Å². The van der Waals surface area contributed by atoms with E-state index < -0.39 is 12.0 Å². The van der Waals surface area contributed by atoms with Gasteiger partial charge in [0.2, 0.25) is 0 Å². The average Bonchev–Trinajstić information content (AvgIpc) is 2.42. The lowest BCUT2D eigenvalue weighted by atomic mass is 10.1. The lowest BCUT2D eigenvalue weighted by Gasteiger charge is -2.32. The Kier molecular flexibility index (Phi) is 4.90. The molecule has 104 valence electrons. The van der Waals surface area contributed by atoms with E-state index in [4.69, 9.17) is 14.6 Å². The first kappa shape index (κ1) is 14.0. The predicted octanol–water partition coefficient (Wildman–Crippen LogP) is 1.12. The summed E-state index contributed by atoms with van der Waals surface area (Å²) in [5.41, 5.74) is 2.22. The van der Waals surface area contributed by atoms with Gasteiger partial charge < -0.3 is 14.6 Å². The Labute approximate surface area is 112 Å². The van der Waals surface area contributed by atoms with Crippen molar-refractivity contribution in [1.82, 2.24) is 4.90 Å². The Bertz CT molecular complexity index is 418. The smallest absolute Gasteiger partial charge is 0.323 e. The molecule has 0 spiro atoms. The third-order valence-electron chi connectivity index (χ3n) is 3.24. The number of benzene rings is 1. The van der Waals surface area contributed by atoms with Crippen LogP contribution in [0.15, 0.2) is 24.3 Å². The standard InChI is InChI=1S/C14H19NO4/c1-18-9-12-4-2-11(3-5-12)8-15-6-7-19-10-13(15)14(16)17/h2-5,13H,6-10H2,1H3,(H,16,17). The van der Waals surface area contributed by atoms with Crippen LogP contribution in [0.1, 0.15) is 11.1 Å². The van der Waals surface area contributed by atoms with E-state index in [0.717, 1.165) is 11.1 Å². The number of aliphatic carboxylic acids is 1. The van der Waals surface area contributed by atoms with Crippen LogP contribution >= 0.6 is 0 Å². The van der Waals surface area contributed by atoms with Crippen molar-refractivity contribution < 1.29 is 19.4 Å². The minimum absolute atomic E-state index is 0.261. The molecule has 1 fully saturated rings. The predicted molar refractivity (Wildman–Crippen MR) is 69.8 cm³/mol. The van der Waals surface area contributed by atoms with E-state index in [0.29, 0.717) is 26.3 Å². The summed E-state index contributed by atoms with van der Waals surface area (Å²) in [6.45, 7) is 2.72. The first-order valence-electron chi connectivity index (χ1n) is 6.32. The minimum atomic E-state index is -0.823. The molecule has 19 heavy (non-hydrogen) atoms. The first-order chi connectivity index (χ1) is 9.20. The molecule has 1 heterocycles. The molecular weight excluding hydrogens is 246 g/mol. The van der Waals surface area contributed by atoms with Crippen molar-refractivity contribution >= 4 is 5.97 Å². The number of carboxylic acid groups (broad SMARTS) is 1. The van der Waals surface area contributed by atoms with E-state index in [-0.39, 0.29) is 6.61 Å². The molecule has 5 heteroatoms. The lowest BCUT2D eigenvalue weighted by Crippen LogP contribution is -2.49. The number of methoxy groups -OCH3 is 1. The van der Waals surface area contributed by atoms with E-state index in [9.17, 15) is 4.79 Å². The van der Waals surface area contributed by atoms with Crippen molar-refractivity contribution in [2.24, 2.45) is 0 Å². The van der Waals surface area contributed by atoms with Gasteiger partial charge >= 0.3 is 5.97 Å². The monoisotopic (exact) mass is 265 g/mol. The molecule has 1 aromatic carbocycles. The molecule has 1 atom stereocenters. The Morgan fingerprint density at radius 2 is 2.11 bits per heavy atom. The highest BCUT2D eigenvalue weighted by molar-refractivity contribution is 5.73. The third kappa shape index (κ3) is 3.76. The van der Waals surface area contributed by atoms with E-state index in [1.165, 1.54) is 0 Å². The molecule has 1 aromatic rings. The van der Waals surface area contributed by atoms with Gasteiger partial charge in [-0.3, -0.25) is 9.69 Å². The van der Waals surface area contributed by atoms with Gasteiger partial charge in [0.25, 0.3) is 0 Å². The van der Waals surface area contributed by atoms with Crippen molar-refractivity contribution in [2.45, 2.75) is 19.2 Å². The zero-order valence-electron chi connectivity index (χ0n) is 11.0. The van der Waals surface area contributed by atoms with Gasteiger partial charge in [0.15, 0.2) is 0 Å². The lowest BCUT2D eigenvalue weighted by molar-refractivity contribution is -0.150. The number of hydrogen-bond acceptors (Lipinski definition) is 4. The molecule has 1 saturated heterocycles. The molecule has 0 aliphatic carbocycles. The molecule has 5 nitrogen and oxygen atoms in total. The van der Waals surface area contributed by atoms with Gasteiger partial charge in [-0.25, -0.2) is 0 Å². The van der Waals surface area contributed by atoms with Crippen LogP contribution < -0.4 is 0 Å². The fourth-order valence-electron chi connectivity index (χ4n) is 2.20. The average molecular weight is 265 g/mol. The van der Waals surface area contributed by atoms with E-state index in [2.05, 4.69) is 0 Å². The second-order valence-corrected chi connectivity index (χ2v) is 4.65. The van der Waals surface area contributed by atoms with Crippen LogP contribution in [0, 0.1) is 0 Å². The summed E-state index contributed by atoms with van der Waals surface area (Å²) in [4.78, 5) is 13.1. The maximum atomic E-state index is 11.2. The number of carboxylic acids is 1. The highest BCUT2D eigenvalue weighted by Crippen LogP contribution is 2.14. The number of rotatable bonds is 5. The Morgan fingerprint density at radius 1 is 1.42 bits per heavy atom. The van der Waals surface area contributed by atoms with Crippen LogP contribution in [0.25, 0.3) is 0 Å². The van der Waals surface area contributed by atoms with Crippen LogP contribution in [0.4, 0.5) is 0 Å². The Balaban J connectivity index is 2.00. The SMILES string of the molecule is COCc1ccc(CN2CCOCC2C(=O)O)cc1. The summed E-state index contributed by atoms with van der Waals surface area (Å²) in [6, 6.07) is 7.50. The molecule has 1 aliphatic rings. The van der Waals surface area contributed by atoms with Gasteiger partial charge in [-0.15, -0.1) is 0 Å². The fraction of sp³-hybridized carbons (Fsp3) is 0.500. The summed E-state index contributed by atoms with van der Waals surface area (Å²) in [5.74, 6) is -0.823. The number of morpholine rings is 1. The summed E-state index contributed by atoms with van der Waals surface area (Å²) < 4.78 is 10.3. The highest BCUT2D eigenvalue weighted by atomic mass is 16.5. The van der Waals surface area contributed by atoms with Crippen molar-refractivity contribution in [2.75, 3.05) is 26.9 Å². The second-order valence-electron chi connectivity index (χ2n) is 4.65. The Hall–Kier alpha value is -1.43. The molecule has 0 radical (unpaired) electrons. The fourth-order valence-corrected chi connectivity index (χ4v) is 2.20. The number of ether oxygens (including phenoxy) is 2. The van der Waals surface area contributed by atoms with E-state index in [1.807, 2.05) is 29.2 Å². The van der Waals surface area contributed by atoms with Gasteiger partial charge in [0.1, 0.15) is 6.04 Å². The molecule has 0 saturated carbocycles. The van der Waals surface area contributed by atoms with Crippen molar-refractivity contribution in [3.63, 3.8) is 0 Å². The van der Waals surface area contributed by atoms with Gasteiger partial charge in [0.05, 0.1) is 19.8 Å². The molecule has 2 rings (SSSR count). The van der Waals surface area contributed by atoms with Crippen LogP contribution in [0.3, 0.4) is 0 Å². The number of nitrogens with zero attached hydrogens (tertiary/aromatic N) is 1. The first-order valence-corrected chi connectivity index (χ1v) is 6.32. The summed E-state index contributed by atoms with van der Waals surface area (Å²) in [7, 11) is 1.67. The van der Waals surface area contributed by atoms with Crippen molar-refractivity contribution in [1.29, 1.82) is 0 Å². The van der Waals surface area contributed by atoms with Gasteiger partial charge in [-0.1, -0.05) is 24.3 Å². The van der Waals surface area contributed by atoms with Crippen LogP contribution in [0.5, 0.6) is 0 Å². The summed E-state index contributed by atoms with van der Waals surface area (Å²) >= 11 is 0. The quantitative estimate of drug-likeness (QED) is 0.864. The Morgan fingerprint density at radius 3 is 2.74 bits per heavy atom. The van der Waals surface area contributed by atoms with E-state index >= 15 is 0 Å². The molecule has 1 unspecified atom stereocenters. The normalized spacial score (nSPS) is 20.4. The zero-order chi connectivity index (χ0) is 13.7. The van der Waals surface area contributed by atoms with Crippen LogP contribution in [0.2, 0.25) is 0 Å². The maximum absolute atomic E-state index is 11.2. The molecule has 0 bridgehead atoms. The summed E-state index contributed by atoms with van der Waals surface area (Å²) in [6.07, 6.45) is 0. The van der Waals surface area contributed by atoms with E-state index in [1.54, 1.807) is 7.11 Å². The number of hydrogen-bond donors (Lipinski definition) is 1. The maximum Gasteiger partial charge on any atom is 0.323 e. The summed E-state index contributed by atoms with van der Waals surface area (Å²) in [5, 5.41) is 9.16. The number of carbonyl (C=O) groups is 1. The molecule has 1 N–H and O–H groups in total. The van der Waals surface area contributed by atoms with Gasteiger partial charge in [-0.05, 0) is 11.1 Å². The van der Waals surface area contributed by atoms with Crippen molar-refractivity contribution in [3.8, 4) is 0 Å². The third-order valence-corrected chi connectivity index (χ3v) is 3.24. The van der Waals surface area contributed by atoms with Gasteiger partial charge in [-0.2, -0.15) is 0 Å². The van der Waals surface area contributed by atoms with Crippen LogP contribution in [-0.4, -0.2) is 48.9 Å². The highest BCUT2D eigenvalue weighted by Gasteiger charge is 2.28. The second kappa shape index (κ2) is 6.65. The molecule has 1 aliphatic heterocycles. The topological polar surface area (TPSA) is 59.0 Å².